The van der Waals surface area contributed by atoms with Gasteiger partial charge in [-0.25, -0.2) is 0 Å². The molecule has 0 radical (unpaired) electrons. The van der Waals surface area contributed by atoms with Crippen molar-refractivity contribution in [1.29, 1.82) is 0 Å². The molecule has 0 saturated heterocycles. The molecule has 8 heteroatoms. The SMILES string of the molecule is COc1cc([N+](=O)[O-])ccc1C(=O)N(CC(=O)O)C(C)C. The van der Waals surface area contributed by atoms with Gasteiger partial charge in [-0.2, -0.15) is 0 Å². The lowest BCUT2D eigenvalue weighted by atomic mass is 10.1. The first-order chi connectivity index (χ1) is 9.77. The molecule has 8 nitrogen and oxygen atoms in total. The van der Waals surface area contributed by atoms with Crippen LogP contribution in [0.1, 0.15) is 24.2 Å². The summed E-state index contributed by atoms with van der Waals surface area (Å²) in [5.74, 6) is -1.66. The normalized spacial score (nSPS) is 10.3. The summed E-state index contributed by atoms with van der Waals surface area (Å²) in [5, 5.41) is 19.6. The minimum atomic E-state index is -1.14. The number of ether oxygens (including phenoxy) is 1. The Morgan fingerprint density at radius 2 is 2.05 bits per heavy atom. The highest BCUT2D eigenvalue weighted by Crippen LogP contribution is 2.26. The third kappa shape index (κ3) is 3.91. The molecule has 21 heavy (non-hydrogen) atoms. The number of rotatable bonds is 6. The van der Waals surface area contributed by atoms with E-state index in [4.69, 9.17) is 9.84 Å². The lowest BCUT2D eigenvalue weighted by Gasteiger charge is -2.25. The average molecular weight is 296 g/mol. The maximum atomic E-state index is 12.4. The van der Waals surface area contributed by atoms with Gasteiger partial charge in [0.15, 0.2) is 0 Å². The Bertz CT molecular complexity index is 570. The second-order valence-corrected chi connectivity index (χ2v) is 4.56. The maximum absolute atomic E-state index is 12.4. The van der Waals surface area contributed by atoms with Crippen molar-refractivity contribution in [3.63, 3.8) is 0 Å². The summed E-state index contributed by atoms with van der Waals surface area (Å²) in [6.45, 7) is 2.90. The first kappa shape index (κ1) is 16.4. The highest BCUT2D eigenvalue weighted by Gasteiger charge is 2.25. The summed E-state index contributed by atoms with van der Waals surface area (Å²) >= 11 is 0. The summed E-state index contributed by atoms with van der Waals surface area (Å²) < 4.78 is 4.99. The molecule has 0 fully saturated rings. The molecule has 0 bridgehead atoms. The highest BCUT2D eigenvalue weighted by molar-refractivity contribution is 5.98. The third-order valence-electron chi connectivity index (χ3n) is 2.82. The fraction of sp³-hybridized carbons (Fsp3) is 0.385. The van der Waals surface area contributed by atoms with Crippen molar-refractivity contribution < 1.29 is 24.4 Å². The van der Waals surface area contributed by atoms with Crippen LogP contribution in [0.3, 0.4) is 0 Å². The quantitative estimate of drug-likeness (QED) is 0.629. The first-order valence-electron chi connectivity index (χ1n) is 6.13. The molecule has 1 rings (SSSR count). The van der Waals surface area contributed by atoms with Crippen molar-refractivity contribution in [2.24, 2.45) is 0 Å². The van der Waals surface area contributed by atoms with E-state index in [1.165, 1.54) is 19.2 Å². The largest absolute Gasteiger partial charge is 0.496 e. The highest BCUT2D eigenvalue weighted by atomic mass is 16.6. The van der Waals surface area contributed by atoms with Crippen molar-refractivity contribution in [1.82, 2.24) is 4.90 Å². The Morgan fingerprint density at radius 1 is 1.43 bits per heavy atom. The number of nitrogens with zero attached hydrogens (tertiary/aromatic N) is 2. The van der Waals surface area contributed by atoms with Crippen LogP contribution < -0.4 is 4.74 Å². The number of benzene rings is 1. The molecule has 0 spiro atoms. The number of methoxy groups -OCH3 is 1. The Hall–Kier alpha value is -2.64. The van der Waals surface area contributed by atoms with Gasteiger partial charge in [-0.1, -0.05) is 0 Å². The number of amides is 1. The van der Waals surface area contributed by atoms with Gasteiger partial charge in [0.25, 0.3) is 11.6 Å². The number of nitro benzene ring substituents is 1. The van der Waals surface area contributed by atoms with E-state index in [1.807, 2.05) is 0 Å². The van der Waals surface area contributed by atoms with Crippen molar-refractivity contribution in [3.8, 4) is 5.75 Å². The molecular weight excluding hydrogens is 280 g/mol. The Labute approximate surface area is 121 Å². The van der Waals surface area contributed by atoms with Crippen LogP contribution in [0.25, 0.3) is 0 Å². The number of carboxylic acids is 1. The fourth-order valence-corrected chi connectivity index (χ4v) is 1.76. The van der Waals surface area contributed by atoms with Crippen LogP contribution in [0, 0.1) is 10.1 Å². The molecule has 0 aliphatic carbocycles. The monoisotopic (exact) mass is 296 g/mol. The van der Waals surface area contributed by atoms with E-state index >= 15 is 0 Å². The van der Waals surface area contributed by atoms with E-state index in [0.717, 1.165) is 11.0 Å². The minimum Gasteiger partial charge on any atom is -0.496 e. The predicted octanol–water partition coefficient (Wildman–Crippen LogP) is 1.54. The van der Waals surface area contributed by atoms with Gasteiger partial charge < -0.3 is 14.7 Å². The lowest BCUT2D eigenvalue weighted by molar-refractivity contribution is -0.384. The summed E-state index contributed by atoms with van der Waals surface area (Å²) in [4.78, 5) is 34.5. The fourth-order valence-electron chi connectivity index (χ4n) is 1.76. The van der Waals surface area contributed by atoms with Gasteiger partial charge in [0.2, 0.25) is 0 Å². The number of hydrogen-bond acceptors (Lipinski definition) is 5. The summed E-state index contributed by atoms with van der Waals surface area (Å²) in [7, 11) is 1.28. The predicted molar refractivity (Wildman–Crippen MR) is 73.5 cm³/mol. The molecule has 0 aliphatic rings. The van der Waals surface area contributed by atoms with E-state index < -0.39 is 23.3 Å². The van der Waals surface area contributed by atoms with Gasteiger partial charge in [-0.05, 0) is 19.9 Å². The number of carboxylic acid groups (broad SMARTS) is 1. The third-order valence-corrected chi connectivity index (χ3v) is 2.82. The molecule has 0 saturated carbocycles. The Balaban J connectivity index is 3.21. The zero-order valence-corrected chi connectivity index (χ0v) is 11.9. The first-order valence-corrected chi connectivity index (χ1v) is 6.13. The average Bonchev–Trinajstić information content (AvgIpc) is 2.42. The van der Waals surface area contributed by atoms with Crippen LogP contribution >= 0.6 is 0 Å². The van der Waals surface area contributed by atoms with E-state index in [0.29, 0.717) is 0 Å². The van der Waals surface area contributed by atoms with Gasteiger partial charge >= 0.3 is 5.97 Å². The molecule has 0 unspecified atom stereocenters. The van der Waals surface area contributed by atoms with Gasteiger partial charge in [0.05, 0.1) is 23.7 Å². The number of nitro groups is 1. The smallest absolute Gasteiger partial charge is 0.323 e. The molecule has 0 aliphatic heterocycles. The number of carbonyl (C=O) groups is 2. The van der Waals surface area contributed by atoms with Crippen LogP contribution in [-0.2, 0) is 4.79 Å². The van der Waals surface area contributed by atoms with Crippen LogP contribution in [0.15, 0.2) is 18.2 Å². The lowest BCUT2D eigenvalue weighted by Crippen LogP contribution is -2.40. The minimum absolute atomic E-state index is 0.0326. The van der Waals surface area contributed by atoms with Crippen LogP contribution in [0.5, 0.6) is 5.75 Å². The number of carbonyl (C=O) groups excluding carboxylic acids is 1. The standard InChI is InChI=1S/C13H16N2O6/c1-8(2)14(7-12(16)17)13(18)10-5-4-9(15(19)20)6-11(10)21-3/h4-6,8H,7H2,1-3H3,(H,16,17). The van der Waals surface area contributed by atoms with Crippen LogP contribution in [-0.4, -0.2) is 46.5 Å². The van der Waals surface area contributed by atoms with Crippen molar-refractivity contribution in [3.05, 3.63) is 33.9 Å². The number of hydrogen-bond donors (Lipinski definition) is 1. The molecule has 1 aromatic carbocycles. The van der Waals surface area contributed by atoms with Gasteiger partial charge in [0.1, 0.15) is 12.3 Å². The summed E-state index contributed by atoms with van der Waals surface area (Å²) in [5.41, 5.74) is -0.129. The molecule has 0 heterocycles. The summed E-state index contributed by atoms with van der Waals surface area (Å²) in [6, 6.07) is 3.23. The van der Waals surface area contributed by atoms with E-state index in [2.05, 4.69) is 0 Å². The molecule has 114 valence electrons. The second kappa shape index (κ2) is 6.69. The zero-order chi connectivity index (χ0) is 16.2. The van der Waals surface area contributed by atoms with Gasteiger partial charge in [-0.15, -0.1) is 0 Å². The van der Waals surface area contributed by atoms with E-state index in [9.17, 15) is 19.7 Å². The maximum Gasteiger partial charge on any atom is 0.323 e. The Kier molecular flexibility index (Phi) is 5.23. The molecular formula is C13H16N2O6. The molecule has 1 amide bonds. The zero-order valence-electron chi connectivity index (χ0n) is 11.9. The Morgan fingerprint density at radius 3 is 2.48 bits per heavy atom. The van der Waals surface area contributed by atoms with E-state index in [1.54, 1.807) is 13.8 Å². The number of non-ortho nitro benzene ring substituents is 1. The van der Waals surface area contributed by atoms with Gasteiger partial charge in [0, 0.05) is 12.1 Å². The molecule has 0 atom stereocenters. The van der Waals surface area contributed by atoms with Crippen LogP contribution in [0.4, 0.5) is 5.69 Å². The molecule has 1 N–H and O–H groups in total. The topological polar surface area (TPSA) is 110 Å². The van der Waals surface area contributed by atoms with Crippen molar-refractivity contribution >= 4 is 17.6 Å². The van der Waals surface area contributed by atoms with Gasteiger partial charge in [-0.3, -0.25) is 19.7 Å². The summed E-state index contributed by atoms with van der Waals surface area (Å²) in [6.07, 6.45) is 0. The van der Waals surface area contributed by atoms with Crippen molar-refractivity contribution in [2.45, 2.75) is 19.9 Å². The molecule has 1 aromatic rings. The molecule has 0 aromatic heterocycles. The second-order valence-electron chi connectivity index (χ2n) is 4.56. The van der Waals surface area contributed by atoms with E-state index in [-0.39, 0.29) is 23.0 Å². The van der Waals surface area contributed by atoms with Crippen LogP contribution in [0.2, 0.25) is 0 Å². The number of aliphatic carboxylic acids is 1. The van der Waals surface area contributed by atoms with Crippen molar-refractivity contribution in [2.75, 3.05) is 13.7 Å².